The second kappa shape index (κ2) is 6.41. The first-order valence-electron chi connectivity index (χ1n) is 7.07. The molecule has 4 nitrogen and oxygen atoms in total. The van der Waals surface area contributed by atoms with Crippen molar-refractivity contribution in [1.82, 2.24) is 0 Å². The molecule has 2 unspecified atom stereocenters. The first kappa shape index (κ1) is 14.9. The zero-order chi connectivity index (χ0) is 14.8. The van der Waals surface area contributed by atoms with Gasteiger partial charge < -0.3 is 14.7 Å². The van der Waals surface area contributed by atoms with Crippen LogP contribution in [0.1, 0.15) is 28.5 Å². The highest BCUT2D eigenvalue weighted by molar-refractivity contribution is 8.03. The predicted octanol–water partition coefficient (Wildman–Crippen LogP) is 2.82. The Labute approximate surface area is 133 Å². The molecule has 1 fully saturated rings. The van der Waals surface area contributed by atoms with Crippen molar-refractivity contribution in [3.63, 3.8) is 0 Å². The first-order valence-corrected chi connectivity index (χ1v) is 8.83. The van der Waals surface area contributed by atoms with Gasteiger partial charge in [0, 0.05) is 28.8 Å². The summed E-state index contributed by atoms with van der Waals surface area (Å²) in [6.45, 7) is 5.01. The van der Waals surface area contributed by atoms with E-state index in [2.05, 4.69) is 17.0 Å². The largest absolute Gasteiger partial charge is 0.387 e. The van der Waals surface area contributed by atoms with Crippen molar-refractivity contribution in [3.05, 3.63) is 27.5 Å². The molecule has 1 saturated heterocycles. The van der Waals surface area contributed by atoms with E-state index < -0.39 is 6.10 Å². The highest BCUT2D eigenvalue weighted by Crippen LogP contribution is 2.43. The number of nitrogens with zero attached hydrogens (tertiary/aromatic N) is 2. The van der Waals surface area contributed by atoms with Crippen molar-refractivity contribution < 1.29 is 9.84 Å². The third-order valence-electron chi connectivity index (χ3n) is 3.89. The number of anilines is 1. The maximum atomic E-state index is 10.7. The third-order valence-corrected chi connectivity index (χ3v) is 6.22. The van der Waals surface area contributed by atoms with Crippen LogP contribution in [0.25, 0.3) is 0 Å². The molecule has 0 aliphatic carbocycles. The van der Waals surface area contributed by atoms with Crippen molar-refractivity contribution in [3.8, 4) is 6.07 Å². The number of allylic oxidation sites excluding steroid dienone is 1. The summed E-state index contributed by atoms with van der Waals surface area (Å²) < 4.78 is 5.38. The fraction of sp³-hybridized carbons (Fsp3) is 0.533. The van der Waals surface area contributed by atoms with Gasteiger partial charge in [-0.2, -0.15) is 5.26 Å². The minimum absolute atomic E-state index is 0.128. The number of nitriles is 1. The molecule has 21 heavy (non-hydrogen) atoms. The highest BCUT2D eigenvalue weighted by Gasteiger charge is 2.30. The predicted molar refractivity (Wildman–Crippen MR) is 86.9 cm³/mol. The number of aliphatic hydroxyl groups is 1. The zero-order valence-electron chi connectivity index (χ0n) is 11.9. The second-order valence-electron chi connectivity index (χ2n) is 5.19. The number of thioether (sulfide) groups is 1. The van der Waals surface area contributed by atoms with E-state index in [1.54, 1.807) is 23.1 Å². The van der Waals surface area contributed by atoms with E-state index in [9.17, 15) is 10.4 Å². The lowest BCUT2D eigenvalue weighted by molar-refractivity contribution is 0.123. The standard InChI is InChI=1S/C15H18N2O2S2/c1-10-13(14(18)12-3-2-8-20-12)11(9-16)15(21-10)17-4-6-19-7-5-17/h2,8,12,14,18H,3-7H2,1H3. The minimum atomic E-state index is -0.578. The van der Waals surface area contributed by atoms with Crippen LogP contribution in [0.3, 0.4) is 0 Å². The van der Waals surface area contributed by atoms with Crippen molar-refractivity contribution in [2.45, 2.75) is 24.7 Å². The first-order chi connectivity index (χ1) is 10.2. The number of morpholine rings is 1. The summed E-state index contributed by atoms with van der Waals surface area (Å²) in [6.07, 6.45) is 2.36. The Balaban J connectivity index is 1.93. The summed E-state index contributed by atoms with van der Waals surface area (Å²) >= 11 is 3.27. The monoisotopic (exact) mass is 322 g/mol. The van der Waals surface area contributed by atoms with Gasteiger partial charge in [-0.15, -0.1) is 23.1 Å². The summed E-state index contributed by atoms with van der Waals surface area (Å²) in [5, 5.41) is 23.4. The molecule has 0 amide bonds. The molecule has 6 heteroatoms. The summed E-state index contributed by atoms with van der Waals surface area (Å²) in [7, 11) is 0. The zero-order valence-corrected chi connectivity index (χ0v) is 13.5. The lowest BCUT2D eigenvalue weighted by Gasteiger charge is -2.28. The van der Waals surface area contributed by atoms with Crippen LogP contribution in [0.4, 0.5) is 5.00 Å². The van der Waals surface area contributed by atoms with E-state index in [4.69, 9.17) is 4.74 Å². The molecule has 112 valence electrons. The molecule has 0 bridgehead atoms. The van der Waals surface area contributed by atoms with E-state index in [1.807, 2.05) is 12.3 Å². The minimum Gasteiger partial charge on any atom is -0.387 e. The highest BCUT2D eigenvalue weighted by atomic mass is 32.2. The molecule has 0 radical (unpaired) electrons. The normalized spacial score (nSPS) is 23.3. The van der Waals surface area contributed by atoms with Crippen LogP contribution in [0.2, 0.25) is 0 Å². The van der Waals surface area contributed by atoms with Gasteiger partial charge in [-0.05, 0) is 18.8 Å². The molecule has 0 spiro atoms. The van der Waals surface area contributed by atoms with Crippen molar-refractivity contribution in [2.75, 3.05) is 31.2 Å². The number of aliphatic hydroxyl groups excluding tert-OH is 1. The lowest BCUT2D eigenvalue weighted by atomic mass is 10.0. The van der Waals surface area contributed by atoms with Crippen molar-refractivity contribution in [2.24, 2.45) is 0 Å². The fourth-order valence-corrected chi connectivity index (χ4v) is 4.91. The Morgan fingerprint density at radius 2 is 2.24 bits per heavy atom. The van der Waals surface area contributed by atoms with Crippen LogP contribution in [-0.4, -0.2) is 36.7 Å². The number of hydrogen-bond acceptors (Lipinski definition) is 6. The van der Waals surface area contributed by atoms with Gasteiger partial charge >= 0.3 is 0 Å². The number of ether oxygens (including phenoxy) is 1. The Hall–Kier alpha value is -1.000. The average molecular weight is 322 g/mol. The summed E-state index contributed by atoms with van der Waals surface area (Å²) in [5.41, 5.74) is 1.48. The molecule has 1 N–H and O–H groups in total. The molecule has 2 atom stereocenters. The topological polar surface area (TPSA) is 56.5 Å². The van der Waals surface area contributed by atoms with Crippen LogP contribution in [0, 0.1) is 18.3 Å². The molecule has 1 aromatic rings. The molecule has 2 aliphatic rings. The second-order valence-corrected chi connectivity index (χ2v) is 7.54. The van der Waals surface area contributed by atoms with Crippen molar-refractivity contribution >= 4 is 28.1 Å². The van der Waals surface area contributed by atoms with Crippen LogP contribution < -0.4 is 4.90 Å². The van der Waals surface area contributed by atoms with Gasteiger partial charge in [0.05, 0.1) is 24.9 Å². The van der Waals surface area contributed by atoms with Gasteiger partial charge in [-0.1, -0.05) is 6.08 Å². The lowest BCUT2D eigenvalue weighted by Crippen LogP contribution is -2.36. The van der Waals surface area contributed by atoms with Gasteiger partial charge in [-0.25, -0.2) is 0 Å². The Morgan fingerprint density at radius 3 is 2.86 bits per heavy atom. The molecule has 0 aromatic carbocycles. The maximum absolute atomic E-state index is 10.7. The van der Waals surface area contributed by atoms with E-state index in [-0.39, 0.29) is 5.25 Å². The van der Waals surface area contributed by atoms with Crippen molar-refractivity contribution in [1.29, 1.82) is 5.26 Å². The Bertz CT molecular complexity index is 577. The average Bonchev–Trinajstić information content (AvgIpc) is 3.15. The van der Waals surface area contributed by atoms with Crippen LogP contribution in [0.15, 0.2) is 11.5 Å². The molecule has 0 saturated carbocycles. The van der Waals surface area contributed by atoms with E-state index in [0.29, 0.717) is 18.8 Å². The molecular formula is C15H18N2O2S2. The molecular weight excluding hydrogens is 304 g/mol. The maximum Gasteiger partial charge on any atom is 0.110 e. The third kappa shape index (κ3) is 2.84. The number of hydrogen-bond donors (Lipinski definition) is 1. The van der Waals surface area contributed by atoms with Crippen LogP contribution >= 0.6 is 23.1 Å². The summed E-state index contributed by atoms with van der Waals surface area (Å²) in [4.78, 5) is 3.25. The Kier molecular flexibility index (Phi) is 4.55. The fourth-order valence-electron chi connectivity index (χ4n) is 2.79. The Morgan fingerprint density at radius 1 is 1.48 bits per heavy atom. The van der Waals surface area contributed by atoms with Gasteiger partial charge in [0.15, 0.2) is 0 Å². The number of rotatable bonds is 3. The van der Waals surface area contributed by atoms with Crippen LogP contribution in [-0.2, 0) is 4.74 Å². The molecule has 2 aliphatic heterocycles. The van der Waals surface area contributed by atoms with Crippen LogP contribution in [0.5, 0.6) is 0 Å². The van der Waals surface area contributed by atoms with E-state index in [1.165, 1.54) is 0 Å². The quantitative estimate of drug-likeness (QED) is 0.927. The SMILES string of the molecule is Cc1sc(N2CCOCC2)c(C#N)c1C(O)C1CC=CS1. The summed E-state index contributed by atoms with van der Waals surface area (Å²) in [6, 6.07) is 2.32. The number of aryl methyl sites for hydroxylation is 1. The molecule has 3 rings (SSSR count). The van der Waals surface area contributed by atoms with Gasteiger partial charge in [-0.3, -0.25) is 0 Å². The van der Waals surface area contributed by atoms with Gasteiger partial charge in [0.25, 0.3) is 0 Å². The van der Waals surface area contributed by atoms with E-state index in [0.717, 1.165) is 35.0 Å². The molecule has 1 aromatic heterocycles. The molecule has 3 heterocycles. The smallest absolute Gasteiger partial charge is 0.110 e. The summed E-state index contributed by atoms with van der Waals surface area (Å²) in [5.74, 6) is 0. The van der Waals surface area contributed by atoms with E-state index >= 15 is 0 Å². The van der Waals surface area contributed by atoms with Gasteiger partial charge in [0.2, 0.25) is 0 Å². The van der Waals surface area contributed by atoms with Gasteiger partial charge in [0.1, 0.15) is 11.1 Å². The number of thiophene rings is 1.